The molecule has 7 nitrogen and oxygen atoms in total. The minimum Gasteiger partial charge on any atom is -0.378 e. The van der Waals surface area contributed by atoms with Gasteiger partial charge in [0, 0.05) is 41.6 Å². The Bertz CT molecular complexity index is 1600. The minimum atomic E-state index is -0.467. The zero-order chi connectivity index (χ0) is 30.1. The van der Waals surface area contributed by atoms with E-state index < -0.39 is 5.91 Å². The average molecular weight is 579 g/mol. The van der Waals surface area contributed by atoms with Gasteiger partial charge in [-0.05, 0) is 79.6 Å². The van der Waals surface area contributed by atoms with Crippen LogP contribution in [0, 0.1) is 13.8 Å². The molecule has 3 amide bonds. The fraction of sp³-hybridized carbons (Fsp3) is 0.147. The quantitative estimate of drug-likeness (QED) is 0.147. The lowest BCUT2D eigenvalue weighted by Crippen LogP contribution is -2.30. The average Bonchev–Trinajstić information content (AvgIpc) is 2.98. The predicted octanol–water partition coefficient (Wildman–Crippen LogP) is 6.51. The van der Waals surface area contributed by atoms with Crippen LogP contribution in [0.4, 0.5) is 17.1 Å². The summed E-state index contributed by atoms with van der Waals surface area (Å²) in [5.41, 5.74) is 5.81. The van der Waals surface area contributed by atoms with Crippen molar-refractivity contribution in [3.05, 3.63) is 125 Å². The number of nitrogens with zero attached hydrogens (tertiary/aromatic N) is 1. The van der Waals surface area contributed by atoms with Gasteiger partial charge in [-0.1, -0.05) is 54.1 Å². The Labute approximate surface area is 251 Å². The molecule has 0 spiro atoms. The number of anilines is 3. The zero-order valence-electron chi connectivity index (χ0n) is 24.1. The molecule has 0 radical (unpaired) electrons. The van der Waals surface area contributed by atoms with E-state index in [-0.39, 0.29) is 23.3 Å². The molecular weight excluding hydrogens is 544 g/mol. The van der Waals surface area contributed by atoms with Crippen molar-refractivity contribution in [3.8, 4) is 0 Å². The number of nitrogens with one attached hydrogen (secondary N) is 3. The molecule has 0 bridgehead atoms. The predicted molar refractivity (Wildman–Crippen MR) is 173 cm³/mol. The van der Waals surface area contributed by atoms with Crippen LogP contribution in [0.5, 0.6) is 0 Å². The van der Waals surface area contributed by atoms with E-state index in [1.807, 2.05) is 93.5 Å². The molecule has 8 heteroatoms. The van der Waals surface area contributed by atoms with Crippen molar-refractivity contribution in [2.45, 2.75) is 18.7 Å². The van der Waals surface area contributed by atoms with Gasteiger partial charge in [0.25, 0.3) is 11.8 Å². The standard InChI is InChI=1S/C34H34N4O3S/c1-23-13-18-30(24(2)19-23)36-32(39)22-42-29-12-8-11-27(21-29)35-34(41)31(37-33(40)26-9-6-5-7-10-26)20-25-14-16-28(17-15-25)38(3)4/h5-21H,22H2,1-4H3,(H,35,41)(H,36,39)(H,37,40)/b31-20+. The molecule has 3 N–H and O–H groups in total. The van der Waals surface area contributed by atoms with Crippen molar-refractivity contribution < 1.29 is 14.4 Å². The van der Waals surface area contributed by atoms with Crippen LogP contribution in [-0.2, 0) is 9.59 Å². The van der Waals surface area contributed by atoms with E-state index in [4.69, 9.17) is 0 Å². The van der Waals surface area contributed by atoms with Gasteiger partial charge in [-0.25, -0.2) is 0 Å². The summed E-state index contributed by atoms with van der Waals surface area (Å²) in [6.45, 7) is 3.98. The van der Waals surface area contributed by atoms with Crippen molar-refractivity contribution in [2.75, 3.05) is 35.4 Å². The molecule has 0 aliphatic carbocycles. The maximum atomic E-state index is 13.4. The van der Waals surface area contributed by atoms with Gasteiger partial charge < -0.3 is 20.9 Å². The van der Waals surface area contributed by atoms with E-state index in [9.17, 15) is 14.4 Å². The lowest BCUT2D eigenvalue weighted by Gasteiger charge is -2.14. The molecule has 4 rings (SSSR count). The largest absolute Gasteiger partial charge is 0.378 e. The monoisotopic (exact) mass is 578 g/mol. The number of benzene rings is 4. The third-order valence-electron chi connectivity index (χ3n) is 6.37. The Hall–Kier alpha value is -4.82. The van der Waals surface area contributed by atoms with Crippen LogP contribution in [-0.4, -0.2) is 37.6 Å². The fourth-order valence-electron chi connectivity index (χ4n) is 4.13. The van der Waals surface area contributed by atoms with E-state index in [2.05, 4.69) is 16.0 Å². The minimum absolute atomic E-state index is 0.104. The van der Waals surface area contributed by atoms with Gasteiger partial charge in [0.1, 0.15) is 5.70 Å². The first kappa shape index (κ1) is 30.1. The van der Waals surface area contributed by atoms with E-state index in [0.717, 1.165) is 33.0 Å². The highest BCUT2D eigenvalue weighted by molar-refractivity contribution is 8.00. The summed E-state index contributed by atoms with van der Waals surface area (Å²) in [5, 5.41) is 8.61. The molecule has 0 saturated heterocycles. The van der Waals surface area contributed by atoms with Crippen LogP contribution in [0.1, 0.15) is 27.0 Å². The summed E-state index contributed by atoms with van der Waals surface area (Å²) in [6, 6.07) is 29.5. The normalized spacial score (nSPS) is 11.0. The van der Waals surface area contributed by atoms with Crippen LogP contribution < -0.4 is 20.9 Å². The van der Waals surface area contributed by atoms with Gasteiger partial charge in [-0.3, -0.25) is 14.4 Å². The van der Waals surface area contributed by atoms with Gasteiger partial charge in [0.05, 0.1) is 5.75 Å². The Kier molecular flexibility index (Phi) is 10.2. The van der Waals surface area contributed by atoms with Crippen LogP contribution in [0.25, 0.3) is 6.08 Å². The summed E-state index contributed by atoms with van der Waals surface area (Å²) in [6.07, 6.45) is 1.64. The number of hydrogen-bond acceptors (Lipinski definition) is 5. The van der Waals surface area contributed by atoms with E-state index in [1.165, 1.54) is 11.8 Å². The van der Waals surface area contributed by atoms with Crippen molar-refractivity contribution in [1.29, 1.82) is 0 Å². The Balaban J connectivity index is 1.46. The second-order valence-corrected chi connectivity index (χ2v) is 11.1. The number of amides is 3. The first-order valence-electron chi connectivity index (χ1n) is 13.4. The molecule has 0 aliphatic heterocycles. The fourth-order valence-corrected chi connectivity index (χ4v) is 4.88. The molecular formula is C34H34N4O3S. The summed E-state index contributed by atoms with van der Waals surface area (Å²) in [5.74, 6) is -0.756. The van der Waals surface area contributed by atoms with Crippen LogP contribution in [0.2, 0.25) is 0 Å². The van der Waals surface area contributed by atoms with Crippen molar-refractivity contribution in [2.24, 2.45) is 0 Å². The highest BCUT2D eigenvalue weighted by Crippen LogP contribution is 2.23. The number of carbonyl (C=O) groups is 3. The van der Waals surface area contributed by atoms with E-state index in [1.54, 1.807) is 42.5 Å². The molecule has 4 aromatic carbocycles. The van der Waals surface area contributed by atoms with Gasteiger partial charge in [-0.2, -0.15) is 0 Å². The molecule has 0 heterocycles. The summed E-state index contributed by atoms with van der Waals surface area (Å²) < 4.78 is 0. The van der Waals surface area contributed by atoms with Crippen LogP contribution in [0.15, 0.2) is 108 Å². The molecule has 0 atom stereocenters. The van der Waals surface area contributed by atoms with Gasteiger partial charge >= 0.3 is 0 Å². The highest BCUT2D eigenvalue weighted by atomic mass is 32.2. The number of rotatable bonds is 10. The topological polar surface area (TPSA) is 90.5 Å². The number of aryl methyl sites for hydroxylation is 2. The Morgan fingerprint density at radius 3 is 2.24 bits per heavy atom. The summed E-state index contributed by atoms with van der Waals surface area (Å²) in [7, 11) is 3.90. The molecule has 42 heavy (non-hydrogen) atoms. The smallest absolute Gasteiger partial charge is 0.272 e. The molecule has 4 aromatic rings. The third kappa shape index (κ3) is 8.59. The molecule has 0 saturated carbocycles. The van der Waals surface area contributed by atoms with E-state index >= 15 is 0 Å². The SMILES string of the molecule is Cc1ccc(NC(=O)CSc2cccc(NC(=O)/C(=C\c3ccc(N(C)C)cc3)NC(=O)c3ccccc3)c2)c(C)c1. The third-order valence-corrected chi connectivity index (χ3v) is 7.36. The first-order valence-corrected chi connectivity index (χ1v) is 14.4. The summed E-state index contributed by atoms with van der Waals surface area (Å²) >= 11 is 1.37. The highest BCUT2D eigenvalue weighted by Gasteiger charge is 2.16. The van der Waals surface area contributed by atoms with Gasteiger partial charge in [-0.15, -0.1) is 11.8 Å². The van der Waals surface area contributed by atoms with Crippen molar-refractivity contribution in [3.63, 3.8) is 0 Å². The molecule has 0 unspecified atom stereocenters. The van der Waals surface area contributed by atoms with E-state index in [0.29, 0.717) is 11.3 Å². The van der Waals surface area contributed by atoms with Crippen LogP contribution >= 0.6 is 11.8 Å². The Morgan fingerprint density at radius 1 is 0.810 bits per heavy atom. The molecule has 0 fully saturated rings. The van der Waals surface area contributed by atoms with Crippen molar-refractivity contribution in [1.82, 2.24) is 5.32 Å². The first-order chi connectivity index (χ1) is 20.2. The van der Waals surface area contributed by atoms with Crippen molar-refractivity contribution >= 4 is 52.6 Å². The maximum Gasteiger partial charge on any atom is 0.272 e. The molecule has 0 aliphatic rings. The maximum absolute atomic E-state index is 13.4. The summed E-state index contributed by atoms with van der Waals surface area (Å²) in [4.78, 5) is 41.7. The number of hydrogen-bond donors (Lipinski definition) is 3. The Morgan fingerprint density at radius 2 is 1.55 bits per heavy atom. The lowest BCUT2D eigenvalue weighted by molar-refractivity contribution is -0.114. The lowest BCUT2D eigenvalue weighted by atomic mass is 10.1. The second kappa shape index (κ2) is 14.2. The van der Waals surface area contributed by atoms with Gasteiger partial charge in [0.15, 0.2) is 0 Å². The zero-order valence-corrected chi connectivity index (χ0v) is 24.9. The second-order valence-electron chi connectivity index (χ2n) is 10.0. The van der Waals surface area contributed by atoms with Crippen LogP contribution in [0.3, 0.4) is 0 Å². The number of thioether (sulfide) groups is 1. The number of carbonyl (C=O) groups excluding carboxylic acids is 3. The molecule has 0 aromatic heterocycles. The van der Waals surface area contributed by atoms with Gasteiger partial charge in [0.2, 0.25) is 5.91 Å². The molecule has 214 valence electrons.